The quantitative estimate of drug-likeness (QED) is 0.793. The summed E-state index contributed by atoms with van der Waals surface area (Å²) < 4.78 is 11.0. The van der Waals surface area contributed by atoms with Gasteiger partial charge < -0.3 is 15.2 Å². The highest BCUT2D eigenvalue weighted by Crippen LogP contribution is 2.26. The van der Waals surface area contributed by atoms with Crippen LogP contribution in [-0.4, -0.2) is 19.8 Å². The summed E-state index contributed by atoms with van der Waals surface area (Å²) in [6, 6.07) is 7.92. The minimum atomic E-state index is 0.223. The smallest absolute Gasteiger partial charge is 0.161 e. The molecule has 0 spiro atoms. The van der Waals surface area contributed by atoms with Gasteiger partial charge in [-0.2, -0.15) is 0 Å². The van der Waals surface area contributed by atoms with Crippen molar-refractivity contribution in [3.8, 4) is 11.5 Å². The zero-order valence-electron chi connectivity index (χ0n) is 11.0. The van der Waals surface area contributed by atoms with Crippen molar-refractivity contribution in [1.29, 1.82) is 0 Å². The van der Waals surface area contributed by atoms with Crippen LogP contribution in [0, 0.1) is 5.92 Å². The third-order valence-electron chi connectivity index (χ3n) is 3.08. The van der Waals surface area contributed by atoms with Crippen LogP contribution in [-0.2, 0) is 0 Å². The normalized spacial score (nSPS) is 14.1. The molecule has 2 unspecified atom stereocenters. The standard InChI is InChI=1S/C14H23NO2/c1-4-12(11(2)15)9-10-17-14-8-6-5-7-13(14)16-3/h5-8,11-12H,4,9-10,15H2,1-3H3. The van der Waals surface area contributed by atoms with Gasteiger partial charge in [-0.25, -0.2) is 0 Å². The maximum Gasteiger partial charge on any atom is 0.161 e. The van der Waals surface area contributed by atoms with Crippen molar-refractivity contribution in [3.05, 3.63) is 24.3 Å². The van der Waals surface area contributed by atoms with E-state index in [9.17, 15) is 0 Å². The number of hydrogen-bond acceptors (Lipinski definition) is 3. The molecule has 3 heteroatoms. The van der Waals surface area contributed by atoms with E-state index in [1.807, 2.05) is 24.3 Å². The third kappa shape index (κ3) is 4.27. The predicted molar refractivity (Wildman–Crippen MR) is 70.5 cm³/mol. The van der Waals surface area contributed by atoms with Crippen molar-refractivity contribution in [2.45, 2.75) is 32.7 Å². The minimum absolute atomic E-state index is 0.223. The Balaban J connectivity index is 2.45. The molecule has 1 aromatic carbocycles. The summed E-state index contributed by atoms with van der Waals surface area (Å²) in [5.41, 5.74) is 5.90. The topological polar surface area (TPSA) is 44.5 Å². The molecule has 3 nitrogen and oxygen atoms in total. The van der Waals surface area contributed by atoms with Gasteiger partial charge in [-0.15, -0.1) is 0 Å². The number of para-hydroxylation sites is 2. The Morgan fingerprint density at radius 3 is 2.41 bits per heavy atom. The first-order valence-corrected chi connectivity index (χ1v) is 6.20. The first kappa shape index (κ1) is 13.8. The summed E-state index contributed by atoms with van der Waals surface area (Å²) in [4.78, 5) is 0. The van der Waals surface area contributed by atoms with E-state index in [4.69, 9.17) is 15.2 Å². The Bertz CT molecular complexity index is 326. The van der Waals surface area contributed by atoms with Gasteiger partial charge in [0.2, 0.25) is 0 Å². The van der Waals surface area contributed by atoms with Gasteiger partial charge in [-0.3, -0.25) is 0 Å². The zero-order valence-corrected chi connectivity index (χ0v) is 11.0. The lowest BCUT2D eigenvalue weighted by Gasteiger charge is -2.19. The first-order valence-electron chi connectivity index (χ1n) is 6.20. The molecule has 0 saturated carbocycles. The Kier molecular flexibility index (Phi) is 5.84. The number of rotatable bonds is 7. The lowest BCUT2D eigenvalue weighted by molar-refractivity contribution is 0.250. The molecule has 0 heterocycles. The molecule has 0 aliphatic heterocycles. The van der Waals surface area contributed by atoms with E-state index >= 15 is 0 Å². The first-order chi connectivity index (χ1) is 8.19. The molecular weight excluding hydrogens is 214 g/mol. The van der Waals surface area contributed by atoms with Gasteiger partial charge in [0.25, 0.3) is 0 Å². The maximum absolute atomic E-state index is 5.90. The largest absolute Gasteiger partial charge is 0.493 e. The van der Waals surface area contributed by atoms with Gasteiger partial charge in [0.05, 0.1) is 13.7 Å². The molecule has 0 bridgehead atoms. The molecule has 2 N–H and O–H groups in total. The average molecular weight is 237 g/mol. The Labute approximate surface area is 104 Å². The Hall–Kier alpha value is -1.22. The second-order valence-corrected chi connectivity index (χ2v) is 4.32. The van der Waals surface area contributed by atoms with Gasteiger partial charge >= 0.3 is 0 Å². The van der Waals surface area contributed by atoms with Gasteiger partial charge in [0.1, 0.15) is 0 Å². The lowest BCUT2D eigenvalue weighted by Crippen LogP contribution is -2.27. The lowest BCUT2D eigenvalue weighted by atomic mass is 9.96. The highest BCUT2D eigenvalue weighted by Gasteiger charge is 2.11. The highest BCUT2D eigenvalue weighted by atomic mass is 16.5. The van der Waals surface area contributed by atoms with Crippen LogP contribution in [0.4, 0.5) is 0 Å². The molecule has 0 radical (unpaired) electrons. The SMILES string of the molecule is CCC(CCOc1ccccc1OC)C(C)N. The third-order valence-corrected chi connectivity index (χ3v) is 3.08. The van der Waals surface area contributed by atoms with Crippen LogP contribution >= 0.6 is 0 Å². The zero-order chi connectivity index (χ0) is 12.7. The molecule has 0 aliphatic rings. The fraction of sp³-hybridized carbons (Fsp3) is 0.571. The highest BCUT2D eigenvalue weighted by molar-refractivity contribution is 5.39. The number of hydrogen-bond donors (Lipinski definition) is 1. The van der Waals surface area contributed by atoms with Crippen molar-refractivity contribution in [1.82, 2.24) is 0 Å². The fourth-order valence-corrected chi connectivity index (χ4v) is 1.90. The molecular formula is C14H23NO2. The van der Waals surface area contributed by atoms with Crippen LogP contribution in [0.2, 0.25) is 0 Å². The van der Waals surface area contributed by atoms with E-state index in [-0.39, 0.29) is 6.04 Å². The summed E-state index contributed by atoms with van der Waals surface area (Å²) in [6.07, 6.45) is 2.07. The molecule has 2 atom stereocenters. The predicted octanol–water partition coefficient (Wildman–Crippen LogP) is 2.84. The van der Waals surface area contributed by atoms with Crippen LogP contribution in [0.3, 0.4) is 0 Å². The van der Waals surface area contributed by atoms with Crippen LogP contribution in [0.1, 0.15) is 26.7 Å². The molecule has 96 valence electrons. The maximum atomic E-state index is 5.90. The van der Waals surface area contributed by atoms with Gasteiger partial charge in [0.15, 0.2) is 11.5 Å². The summed E-state index contributed by atoms with van der Waals surface area (Å²) in [5.74, 6) is 2.10. The van der Waals surface area contributed by atoms with Crippen molar-refractivity contribution in [2.75, 3.05) is 13.7 Å². The average Bonchev–Trinajstić information content (AvgIpc) is 2.34. The number of benzene rings is 1. The van der Waals surface area contributed by atoms with E-state index in [2.05, 4.69) is 13.8 Å². The van der Waals surface area contributed by atoms with Crippen molar-refractivity contribution >= 4 is 0 Å². The molecule has 0 fully saturated rings. The summed E-state index contributed by atoms with van der Waals surface area (Å²) in [7, 11) is 1.65. The fourth-order valence-electron chi connectivity index (χ4n) is 1.90. The van der Waals surface area contributed by atoms with Crippen molar-refractivity contribution in [2.24, 2.45) is 11.7 Å². The molecule has 1 aromatic rings. The minimum Gasteiger partial charge on any atom is -0.493 e. The van der Waals surface area contributed by atoms with Gasteiger partial charge in [0, 0.05) is 6.04 Å². The van der Waals surface area contributed by atoms with Gasteiger partial charge in [-0.1, -0.05) is 25.5 Å². The van der Waals surface area contributed by atoms with E-state index in [1.54, 1.807) is 7.11 Å². The Morgan fingerprint density at radius 1 is 1.24 bits per heavy atom. The van der Waals surface area contributed by atoms with Crippen molar-refractivity contribution in [3.63, 3.8) is 0 Å². The van der Waals surface area contributed by atoms with E-state index in [1.165, 1.54) is 0 Å². The van der Waals surface area contributed by atoms with Crippen molar-refractivity contribution < 1.29 is 9.47 Å². The molecule has 0 amide bonds. The summed E-state index contributed by atoms with van der Waals surface area (Å²) in [5, 5.41) is 0. The van der Waals surface area contributed by atoms with E-state index in [0.29, 0.717) is 12.5 Å². The molecule has 1 rings (SSSR count). The number of ether oxygens (including phenoxy) is 2. The number of nitrogens with two attached hydrogens (primary N) is 1. The monoisotopic (exact) mass is 237 g/mol. The molecule has 0 saturated heterocycles. The summed E-state index contributed by atoms with van der Waals surface area (Å²) in [6.45, 7) is 4.90. The van der Waals surface area contributed by atoms with Crippen LogP contribution in [0.25, 0.3) is 0 Å². The summed E-state index contributed by atoms with van der Waals surface area (Å²) >= 11 is 0. The molecule has 17 heavy (non-hydrogen) atoms. The second kappa shape index (κ2) is 7.17. The van der Waals surface area contributed by atoms with Crippen LogP contribution in [0.5, 0.6) is 11.5 Å². The second-order valence-electron chi connectivity index (χ2n) is 4.32. The van der Waals surface area contributed by atoms with Crippen LogP contribution < -0.4 is 15.2 Å². The molecule has 0 aromatic heterocycles. The van der Waals surface area contributed by atoms with E-state index in [0.717, 1.165) is 24.3 Å². The molecule has 0 aliphatic carbocycles. The Morgan fingerprint density at radius 2 is 1.88 bits per heavy atom. The van der Waals surface area contributed by atoms with E-state index < -0.39 is 0 Å². The van der Waals surface area contributed by atoms with Gasteiger partial charge in [-0.05, 0) is 31.4 Å². The van der Waals surface area contributed by atoms with Crippen LogP contribution in [0.15, 0.2) is 24.3 Å². The number of methoxy groups -OCH3 is 1.